The molecule has 0 aliphatic carbocycles. The number of alkyl halides is 3. The summed E-state index contributed by atoms with van der Waals surface area (Å²) in [5, 5.41) is 11.1. The van der Waals surface area contributed by atoms with Gasteiger partial charge in [0.05, 0.1) is 11.8 Å². The summed E-state index contributed by atoms with van der Waals surface area (Å²) in [6.07, 6.45) is -4.38. The fourth-order valence-electron chi connectivity index (χ4n) is 1.50. The molecule has 0 aromatic carbocycles. The standard InChI is InChI=1S/C7H10F3NO2/c8-7(9,10)5-3-11-2-1-4(5)6(12)13/h4-5,11H,1-3H2,(H,12,13)/t4-,5-/m1/s1. The van der Waals surface area contributed by atoms with Gasteiger partial charge in [0.1, 0.15) is 0 Å². The Kier molecular flexibility index (Phi) is 2.80. The second-order valence-electron chi connectivity index (χ2n) is 3.09. The van der Waals surface area contributed by atoms with E-state index in [1.807, 2.05) is 0 Å². The highest BCUT2D eigenvalue weighted by molar-refractivity contribution is 5.70. The van der Waals surface area contributed by atoms with Crippen LogP contribution in [0.3, 0.4) is 0 Å². The van der Waals surface area contributed by atoms with Gasteiger partial charge < -0.3 is 10.4 Å². The maximum absolute atomic E-state index is 12.2. The Morgan fingerprint density at radius 2 is 2.08 bits per heavy atom. The second-order valence-corrected chi connectivity index (χ2v) is 3.09. The lowest BCUT2D eigenvalue weighted by atomic mass is 9.86. The van der Waals surface area contributed by atoms with Gasteiger partial charge in [0.15, 0.2) is 0 Å². The lowest BCUT2D eigenvalue weighted by Crippen LogP contribution is -2.47. The van der Waals surface area contributed by atoms with Crippen LogP contribution in [-0.4, -0.2) is 30.3 Å². The molecule has 1 saturated heterocycles. The number of hydrogen-bond acceptors (Lipinski definition) is 2. The van der Waals surface area contributed by atoms with Crippen molar-refractivity contribution in [3.05, 3.63) is 0 Å². The topological polar surface area (TPSA) is 49.3 Å². The zero-order valence-electron chi connectivity index (χ0n) is 6.77. The molecule has 0 aromatic heterocycles. The van der Waals surface area contributed by atoms with Crippen molar-refractivity contribution in [1.82, 2.24) is 5.32 Å². The average molecular weight is 197 g/mol. The number of carbonyl (C=O) groups is 1. The van der Waals surface area contributed by atoms with Gasteiger partial charge in [0.25, 0.3) is 0 Å². The van der Waals surface area contributed by atoms with Crippen molar-refractivity contribution < 1.29 is 23.1 Å². The van der Waals surface area contributed by atoms with E-state index in [0.29, 0.717) is 6.54 Å². The Morgan fingerprint density at radius 1 is 1.46 bits per heavy atom. The fraction of sp³-hybridized carbons (Fsp3) is 0.857. The summed E-state index contributed by atoms with van der Waals surface area (Å²) in [6, 6.07) is 0. The third-order valence-electron chi connectivity index (χ3n) is 2.22. The molecule has 2 N–H and O–H groups in total. The zero-order chi connectivity index (χ0) is 10.1. The molecule has 1 heterocycles. The van der Waals surface area contributed by atoms with Gasteiger partial charge in [0, 0.05) is 6.54 Å². The summed E-state index contributed by atoms with van der Waals surface area (Å²) >= 11 is 0. The molecule has 6 heteroatoms. The van der Waals surface area contributed by atoms with Gasteiger partial charge in [-0.3, -0.25) is 4.79 Å². The van der Waals surface area contributed by atoms with Crippen LogP contribution in [-0.2, 0) is 4.79 Å². The minimum atomic E-state index is -4.42. The minimum absolute atomic E-state index is 0.0412. The lowest BCUT2D eigenvalue weighted by Gasteiger charge is -2.30. The molecule has 1 aliphatic rings. The van der Waals surface area contributed by atoms with Crippen LogP contribution in [0, 0.1) is 11.8 Å². The molecule has 0 aromatic rings. The Hall–Kier alpha value is -0.780. The van der Waals surface area contributed by atoms with Crippen molar-refractivity contribution in [2.45, 2.75) is 12.6 Å². The maximum Gasteiger partial charge on any atom is 0.393 e. The van der Waals surface area contributed by atoms with E-state index in [4.69, 9.17) is 5.11 Å². The molecule has 1 fully saturated rings. The summed E-state index contributed by atoms with van der Waals surface area (Å²) in [7, 11) is 0. The SMILES string of the molecule is O=C(O)[C@@H]1CCNC[C@H]1C(F)(F)F. The number of carboxylic acids is 1. The molecule has 0 spiro atoms. The van der Waals surface area contributed by atoms with Crippen LogP contribution in [0.25, 0.3) is 0 Å². The van der Waals surface area contributed by atoms with E-state index < -0.39 is 24.0 Å². The third-order valence-corrected chi connectivity index (χ3v) is 2.22. The van der Waals surface area contributed by atoms with Crippen molar-refractivity contribution in [2.24, 2.45) is 11.8 Å². The highest BCUT2D eigenvalue weighted by Crippen LogP contribution is 2.34. The minimum Gasteiger partial charge on any atom is -0.481 e. The number of halogens is 3. The van der Waals surface area contributed by atoms with Crippen molar-refractivity contribution in [3.8, 4) is 0 Å². The van der Waals surface area contributed by atoms with Crippen LogP contribution in [0.2, 0.25) is 0 Å². The molecule has 76 valence electrons. The van der Waals surface area contributed by atoms with Gasteiger partial charge in [-0.25, -0.2) is 0 Å². The van der Waals surface area contributed by atoms with Crippen LogP contribution in [0.4, 0.5) is 13.2 Å². The Labute approximate surface area is 72.9 Å². The molecule has 0 bridgehead atoms. The second kappa shape index (κ2) is 3.53. The van der Waals surface area contributed by atoms with Crippen LogP contribution >= 0.6 is 0 Å². The summed E-state index contributed by atoms with van der Waals surface area (Å²) in [5.41, 5.74) is 0. The van der Waals surface area contributed by atoms with Crippen molar-refractivity contribution in [1.29, 1.82) is 0 Å². The van der Waals surface area contributed by atoms with E-state index in [-0.39, 0.29) is 13.0 Å². The summed E-state index contributed by atoms with van der Waals surface area (Å²) in [6.45, 7) is 0.0456. The number of nitrogens with one attached hydrogen (secondary N) is 1. The first kappa shape index (κ1) is 10.3. The predicted octanol–water partition coefficient (Wildman–Crippen LogP) is 0.859. The molecule has 0 unspecified atom stereocenters. The molecule has 0 radical (unpaired) electrons. The van der Waals surface area contributed by atoms with Crippen LogP contribution in [0.15, 0.2) is 0 Å². The highest BCUT2D eigenvalue weighted by Gasteiger charge is 2.48. The van der Waals surface area contributed by atoms with E-state index in [2.05, 4.69) is 5.32 Å². The lowest BCUT2D eigenvalue weighted by molar-refractivity contribution is -0.199. The molecule has 0 amide bonds. The summed E-state index contributed by atoms with van der Waals surface area (Å²) in [4.78, 5) is 10.5. The normalized spacial score (nSPS) is 30.1. The summed E-state index contributed by atoms with van der Waals surface area (Å²) in [5.74, 6) is -4.40. The molecule has 2 atom stereocenters. The number of rotatable bonds is 1. The van der Waals surface area contributed by atoms with Crippen molar-refractivity contribution >= 4 is 5.97 Å². The van der Waals surface area contributed by atoms with Gasteiger partial charge >= 0.3 is 12.1 Å². The molecule has 0 saturated carbocycles. The molecular formula is C7H10F3NO2. The zero-order valence-corrected chi connectivity index (χ0v) is 6.77. The van der Waals surface area contributed by atoms with Crippen molar-refractivity contribution in [2.75, 3.05) is 13.1 Å². The first-order valence-electron chi connectivity index (χ1n) is 3.93. The van der Waals surface area contributed by atoms with Gasteiger partial charge in [-0.05, 0) is 13.0 Å². The van der Waals surface area contributed by atoms with Crippen LogP contribution in [0.5, 0.6) is 0 Å². The van der Waals surface area contributed by atoms with Crippen molar-refractivity contribution in [3.63, 3.8) is 0 Å². The number of hydrogen-bond donors (Lipinski definition) is 2. The van der Waals surface area contributed by atoms with Gasteiger partial charge in [-0.2, -0.15) is 13.2 Å². The highest BCUT2D eigenvalue weighted by atomic mass is 19.4. The van der Waals surface area contributed by atoms with E-state index in [0.717, 1.165) is 0 Å². The molecule has 1 rings (SSSR count). The number of aliphatic carboxylic acids is 1. The van der Waals surface area contributed by atoms with E-state index in [1.165, 1.54) is 0 Å². The first-order valence-corrected chi connectivity index (χ1v) is 3.93. The van der Waals surface area contributed by atoms with Crippen LogP contribution in [0.1, 0.15) is 6.42 Å². The summed E-state index contributed by atoms with van der Waals surface area (Å²) < 4.78 is 36.7. The smallest absolute Gasteiger partial charge is 0.393 e. The Morgan fingerprint density at radius 3 is 2.46 bits per heavy atom. The Bertz CT molecular complexity index is 204. The molecule has 13 heavy (non-hydrogen) atoms. The molecular weight excluding hydrogens is 187 g/mol. The largest absolute Gasteiger partial charge is 0.481 e. The van der Waals surface area contributed by atoms with Gasteiger partial charge in [-0.1, -0.05) is 0 Å². The third kappa shape index (κ3) is 2.33. The fourth-order valence-corrected chi connectivity index (χ4v) is 1.50. The predicted molar refractivity (Wildman–Crippen MR) is 38.2 cm³/mol. The number of carboxylic acid groups (broad SMARTS) is 1. The maximum atomic E-state index is 12.2. The average Bonchev–Trinajstić information content (AvgIpc) is 2.03. The van der Waals surface area contributed by atoms with E-state index >= 15 is 0 Å². The monoisotopic (exact) mass is 197 g/mol. The van der Waals surface area contributed by atoms with Gasteiger partial charge in [0.2, 0.25) is 0 Å². The quantitative estimate of drug-likeness (QED) is 0.655. The van der Waals surface area contributed by atoms with Gasteiger partial charge in [-0.15, -0.1) is 0 Å². The van der Waals surface area contributed by atoms with Crippen LogP contribution < -0.4 is 5.32 Å². The van der Waals surface area contributed by atoms with E-state index in [1.54, 1.807) is 0 Å². The number of piperidine rings is 1. The molecule has 3 nitrogen and oxygen atoms in total. The first-order chi connectivity index (χ1) is 5.93. The molecule has 1 aliphatic heterocycles. The Balaban J connectivity index is 2.73. The van der Waals surface area contributed by atoms with E-state index in [9.17, 15) is 18.0 Å².